The fourth-order valence-electron chi connectivity index (χ4n) is 2.84. The Kier molecular flexibility index (Phi) is 6.35. The first-order valence-corrected chi connectivity index (χ1v) is 11.2. The van der Waals surface area contributed by atoms with Crippen LogP contribution in [0.1, 0.15) is 0 Å². The average Bonchev–Trinajstić information content (AvgIpc) is 3.11. The van der Waals surface area contributed by atoms with Crippen LogP contribution in [0.3, 0.4) is 0 Å². The second kappa shape index (κ2) is 9.18. The molecule has 12 heteroatoms. The maximum atomic E-state index is 13.3. The molecule has 0 spiro atoms. The molecule has 2 aromatic heterocycles. The zero-order chi connectivity index (χ0) is 22.8. The molecule has 2 N–H and O–H groups in total. The van der Waals surface area contributed by atoms with Crippen LogP contribution in [-0.4, -0.2) is 33.3 Å². The largest absolute Gasteiger partial charge is 0.497 e. The maximum absolute atomic E-state index is 13.3. The number of hydrogen-bond acceptors (Lipinski definition) is 7. The van der Waals surface area contributed by atoms with Gasteiger partial charge in [-0.25, -0.2) is 13.8 Å². The van der Waals surface area contributed by atoms with Crippen molar-refractivity contribution >= 4 is 57.3 Å². The fourth-order valence-corrected chi connectivity index (χ4v) is 4.77. The zero-order valence-corrected chi connectivity index (χ0v) is 18.8. The SMILES string of the molecule is COc1cccc(-n2c(=S)sc3c(=O)[nH]c(SCC(=O)Nc4ccc(F)c(F)c4)nc32)c1. The highest BCUT2D eigenvalue weighted by Crippen LogP contribution is 2.26. The summed E-state index contributed by atoms with van der Waals surface area (Å²) in [6, 6.07) is 10.2. The van der Waals surface area contributed by atoms with Gasteiger partial charge in [0.2, 0.25) is 5.91 Å². The van der Waals surface area contributed by atoms with Gasteiger partial charge in [-0.1, -0.05) is 29.2 Å². The summed E-state index contributed by atoms with van der Waals surface area (Å²) in [5.41, 5.74) is 0.790. The summed E-state index contributed by atoms with van der Waals surface area (Å²) in [6.45, 7) is 0. The van der Waals surface area contributed by atoms with Gasteiger partial charge in [0, 0.05) is 17.8 Å². The molecule has 164 valence electrons. The van der Waals surface area contributed by atoms with Crippen molar-refractivity contribution in [1.82, 2.24) is 14.5 Å². The number of anilines is 1. The molecule has 4 aromatic rings. The van der Waals surface area contributed by atoms with Gasteiger partial charge in [-0.15, -0.1) is 0 Å². The second-order valence-electron chi connectivity index (χ2n) is 6.39. The molecule has 2 heterocycles. The summed E-state index contributed by atoms with van der Waals surface area (Å²) in [6.07, 6.45) is 0. The minimum absolute atomic E-state index is 0.114. The molecule has 0 aliphatic rings. The number of halogens is 2. The Morgan fingerprint density at radius 1 is 1.28 bits per heavy atom. The lowest BCUT2D eigenvalue weighted by molar-refractivity contribution is -0.113. The van der Waals surface area contributed by atoms with E-state index in [-0.39, 0.29) is 22.2 Å². The molecule has 4 rings (SSSR count). The Bertz CT molecular complexity index is 1450. The quantitative estimate of drug-likeness (QED) is 0.234. The van der Waals surface area contributed by atoms with Gasteiger partial charge in [-0.3, -0.25) is 14.2 Å². The monoisotopic (exact) mass is 492 g/mol. The Morgan fingerprint density at radius 3 is 2.84 bits per heavy atom. The number of thiazole rings is 1. The number of ether oxygens (including phenoxy) is 1. The molecule has 0 atom stereocenters. The third-order valence-electron chi connectivity index (χ3n) is 4.28. The minimum Gasteiger partial charge on any atom is -0.497 e. The Labute approximate surface area is 193 Å². The van der Waals surface area contributed by atoms with Gasteiger partial charge in [-0.05, 0) is 36.5 Å². The lowest BCUT2D eigenvalue weighted by Gasteiger charge is -2.08. The van der Waals surface area contributed by atoms with E-state index >= 15 is 0 Å². The fraction of sp³-hybridized carbons (Fsp3) is 0.100. The molecule has 32 heavy (non-hydrogen) atoms. The number of aromatic nitrogens is 3. The first-order chi connectivity index (χ1) is 15.4. The van der Waals surface area contributed by atoms with Crippen molar-refractivity contribution in [3.8, 4) is 11.4 Å². The van der Waals surface area contributed by atoms with Gasteiger partial charge in [0.15, 0.2) is 26.4 Å². The summed E-state index contributed by atoms with van der Waals surface area (Å²) in [7, 11) is 1.55. The van der Waals surface area contributed by atoms with Gasteiger partial charge in [-0.2, -0.15) is 0 Å². The third-order valence-corrected chi connectivity index (χ3v) is 6.51. The number of H-pyrrole nitrogens is 1. The van der Waals surface area contributed by atoms with Crippen LogP contribution in [0.2, 0.25) is 0 Å². The van der Waals surface area contributed by atoms with Crippen LogP contribution >= 0.6 is 35.3 Å². The molecule has 0 saturated heterocycles. The lowest BCUT2D eigenvalue weighted by Crippen LogP contribution is -2.16. The predicted molar refractivity (Wildman–Crippen MR) is 123 cm³/mol. The number of benzene rings is 2. The molecule has 7 nitrogen and oxygen atoms in total. The van der Waals surface area contributed by atoms with Crippen LogP contribution in [0.5, 0.6) is 5.75 Å². The molecule has 0 unspecified atom stereocenters. The molecule has 0 bridgehead atoms. The first-order valence-electron chi connectivity index (χ1n) is 9.03. The summed E-state index contributed by atoms with van der Waals surface area (Å²) < 4.78 is 34.0. The number of amides is 1. The number of thioether (sulfide) groups is 1. The molecular formula is C20H14F2N4O3S3. The Morgan fingerprint density at radius 2 is 2.09 bits per heavy atom. The van der Waals surface area contributed by atoms with Crippen LogP contribution in [0.25, 0.3) is 16.0 Å². The van der Waals surface area contributed by atoms with Crippen LogP contribution < -0.4 is 15.6 Å². The topological polar surface area (TPSA) is 89.0 Å². The van der Waals surface area contributed by atoms with E-state index < -0.39 is 17.5 Å². The van der Waals surface area contributed by atoms with Crippen LogP contribution in [-0.2, 0) is 4.79 Å². The second-order valence-corrected chi connectivity index (χ2v) is 9.00. The molecule has 1 amide bonds. The number of nitrogens with one attached hydrogen (secondary N) is 2. The van der Waals surface area contributed by atoms with Crippen molar-refractivity contribution < 1.29 is 18.3 Å². The molecule has 2 aromatic carbocycles. The highest BCUT2D eigenvalue weighted by molar-refractivity contribution is 7.99. The van der Waals surface area contributed by atoms with E-state index in [2.05, 4.69) is 15.3 Å². The van der Waals surface area contributed by atoms with Crippen LogP contribution in [0.15, 0.2) is 52.4 Å². The predicted octanol–water partition coefficient (Wildman–Crippen LogP) is 4.52. The maximum Gasteiger partial charge on any atom is 0.271 e. The van der Waals surface area contributed by atoms with Crippen molar-refractivity contribution in [3.05, 3.63) is 68.4 Å². The molecule has 0 saturated carbocycles. The van der Waals surface area contributed by atoms with E-state index in [0.717, 1.165) is 35.2 Å². The molecule has 0 aliphatic heterocycles. The highest BCUT2D eigenvalue weighted by atomic mass is 32.2. The first kappa shape index (κ1) is 22.1. The summed E-state index contributed by atoms with van der Waals surface area (Å²) in [5, 5.41) is 2.68. The van der Waals surface area contributed by atoms with Gasteiger partial charge in [0.05, 0.1) is 18.6 Å². The number of fused-ring (bicyclic) bond motifs is 1. The molecule has 0 fully saturated rings. The van der Waals surface area contributed by atoms with E-state index in [1.54, 1.807) is 29.9 Å². The van der Waals surface area contributed by atoms with Crippen LogP contribution in [0.4, 0.5) is 14.5 Å². The van der Waals surface area contributed by atoms with Crippen LogP contribution in [0, 0.1) is 15.6 Å². The molecule has 0 radical (unpaired) electrons. The minimum atomic E-state index is -1.06. The number of methoxy groups -OCH3 is 1. The van der Waals surface area contributed by atoms with Gasteiger partial charge >= 0.3 is 0 Å². The Hall–Kier alpha value is -3.09. The zero-order valence-electron chi connectivity index (χ0n) is 16.3. The standard InChI is InChI=1S/C20H14F2N4O3S3/c1-29-12-4-2-3-11(8-12)26-17-16(32-20(26)30)18(28)25-19(24-17)31-9-15(27)23-10-5-6-13(21)14(22)7-10/h2-8H,9H2,1H3,(H,23,27)(H,24,25,28). The van der Waals surface area contributed by atoms with Gasteiger partial charge < -0.3 is 15.0 Å². The van der Waals surface area contributed by atoms with Crippen molar-refractivity contribution in [2.24, 2.45) is 0 Å². The van der Waals surface area contributed by atoms with Crippen molar-refractivity contribution in [3.63, 3.8) is 0 Å². The number of carbonyl (C=O) groups is 1. The van der Waals surface area contributed by atoms with Crippen molar-refractivity contribution in [2.75, 3.05) is 18.2 Å². The normalized spacial score (nSPS) is 11.0. The smallest absolute Gasteiger partial charge is 0.271 e. The van der Waals surface area contributed by atoms with E-state index in [0.29, 0.717) is 25.7 Å². The van der Waals surface area contributed by atoms with Crippen molar-refractivity contribution in [2.45, 2.75) is 5.16 Å². The number of carbonyl (C=O) groups excluding carboxylic acids is 1. The van der Waals surface area contributed by atoms with Gasteiger partial charge in [0.1, 0.15) is 10.4 Å². The average molecular weight is 493 g/mol. The number of hydrogen-bond donors (Lipinski definition) is 2. The van der Waals surface area contributed by atoms with Gasteiger partial charge in [0.25, 0.3) is 5.56 Å². The lowest BCUT2D eigenvalue weighted by atomic mass is 10.3. The van der Waals surface area contributed by atoms with E-state index in [9.17, 15) is 18.4 Å². The highest BCUT2D eigenvalue weighted by Gasteiger charge is 2.15. The number of aromatic amines is 1. The molecular weight excluding hydrogens is 478 g/mol. The number of nitrogens with zero attached hydrogens (tertiary/aromatic N) is 2. The third kappa shape index (κ3) is 4.56. The van der Waals surface area contributed by atoms with E-state index in [1.807, 2.05) is 6.07 Å². The summed E-state index contributed by atoms with van der Waals surface area (Å²) in [4.78, 5) is 31.9. The number of rotatable bonds is 6. The summed E-state index contributed by atoms with van der Waals surface area (Å²) in [5.74, 6) is -2.03. The van der Waals surface area contributed by atoms with Crippen molar-refractivity contribution in [1.29, 1.82) is 0 Å². The summed E-state index contributed by atoms with van der Waals surface area (Å²) >= 11 is 7.55. The van der Waals surface area contributed by atoms with E-state index in [1.165, 1.54) is 6.07 Å². The Balaban J connectivity index is 1.59. The molecule has 0 aliphatic carbocycles. The van der Waals surface area contributed by atoms with E-state index in [4.69, 9.17) is 17.0 Å².